The number of nitrogens with one attached hydrogen (secondary N) is 1. The highest BCUT2D eigenvalue weighted by molar-refractivity contribution is 6.33. The third-order valence-electron chi connectivity index (χ3n) is 6.39. The molecule has 1 fully saturated rings. The third-order valence-corrected chi connectivity index (χ3v) is 6.72. The second-order valence-electron chi connectivity index (χ2n) is 8.46. The van der Waals surface area contributed by atoms with Gasteiger partial charge in [0.15, 0.2) is 0 Å². The maximum Gasteiger partial charge on any atom is 0.252 e. The predicted octanol–water partition coefficient (Wildman–Crippen LogP) is 3.44. The van der Waals surface area contributed by atoms with Crippen LogP contribution in [-0.2, 0) is 6.42 Å². The maximum absolute atomic E-state index is 12.8. The minimum absolute atomic E-state index is 0.113. The molecule has 1 N–H and O–H groups in total. The van der Waals surface area contributed by atoms with E-state index in [1.807, 2.05) is 12.1 Å². The molecule has 4 rings (SSSR count). The molecule has 0 spiro atoms. The topological polar surface area (TPSA) is 38.8 Å². The van der Waals surface area contributed by atoms with E-state index in [0.29, 0.717) is 17.1 Å². The molecule has 160 valence electrons. The van der Waals surface area contributed by atoms with Gasteiger partial charge in [0, 0.05) is 52.0 Å². The van der Waals surface area contributed by atoms with Crippen LogP contribution in [-0.4, -0.2) is 69.1 Å². The summed E-state index contributed by atoms with van der Waals surface area (Å²) >= 11 is 6.23. The Kier molecular flexibility index (Phi) is 6.61. The summed E-state index contributed by atoms with van der Waals surface area (Å²) in [5, 5.41) is 3.64. The van der Waals surface area contributed by atoms with Crippen LogP contribution in [0.2, 0.25) is 5.02 Å². The van der Waals surface area contributed by atoms with Gasteiger partial charge in [0.2, 0.25) is 0 Å². The largest absolute Gasteiger partial charge is 0.374 e. The molecular formula is C24H31ClN4O. The van der Waals surface area contributed by atoms with Gasteiger partial charge in [0.1, 0.15) is 0 Å². The number of rotatable bonds is 5. The van der Waals surface area contributed by atoms with Gasteiger partial charge in [-0.25, -0.2) is 0 Å². The standard InChI is InChI=1S/C24H31ClN4O/c1-27-12-14-29(15-13-27)23(17-26-24(30)20-7-3-4-8-21(20)25)19-9-10-22-18(16-19)6-5-11-28(22)2/h3-4,7-10,16,23H,5-6,11-15,17H2,1-2H3,(H,26,30). The number of hydrogen-bond acceptors (Lipinski definition) is 4. The summed E-state index contributed by atoms with van der Waals surface area (Å²) in [5.74, 6) is -0.113. The van der Waals surface area contributed by atoms with Gasteiger partial charge >= 0.3 is 0 Å². The van der Waals surface area contributed by atoms with Crippen molar-refractivity contribution in [1.82, 2.24) is 15.1 Å². The third kappa shape index (κ3) is 4.64. The lowest BCUT2D eigenvalue weighted by molar-refractivity contribution is 0.0886. The van der Waals surface area contributed by atoms with E-state index in [0.717, 1.165) is 39.1 Å². The number of fused-ring (bicyclic) bond motifs is 1. The molecular weight excluding hydrogens is 396 g/mol. The van der Waals surface area contributed by atoms with E-state index < -0.39 is 0 Å². The van der Waals surface area contributed by atoms with Crippen LogP contribution in [0.1, 0.15) is 33.9 Å². The fraction of sp³-hybridized carbons (Fsp3) is 0.458. The van der Waals surface area contributed by atoms with Crippen LogP contribution in [0, 0.1) is 0 Å². The molecule has 5 nitrogen and oxygen atoms in total. The minimum Gasteiger partial charge on any atom is -0.374 e. The van der Waals surface area contributed by atoms with Gasteiger partial charge in [0.05, 0.1) is 16.6 Å². The van der Waals surface area contributed by atoms with E-state index >= 15 is 0 Å². The normalized spacial score (nSPS) is 18.7. The molecule has 0 aliphatic carbocycles. The summed E-state index contributed by atoms with van der Waals surface area (Å²) in [5.41, 5.74) is 4.57. The Labute approximate surface area is 184 Å². The summed E-state index contributed by atoms with van der Waals surface area (Å²) < 4.78 is 0. The Morgan fingerprint density at radius 2 is 1.83 bits per heavy atom. The molecule has 2 aliphatic heterocycles. The van der Waals surface area contributed by atoms with Crippen molar-refractivity contribution >= 4 is 23.2 Å². The van der Waals surface area contributed by atoms with E-state index in [-0.39, 0.29) is 11.9 Å². The number of nitrogens with zero attached hydrogens (tertiary/aromatic N) is 3. The number of aryl methyl sites for hydroxylation is 1. The van der Waals surface area contributed by atoms with Crippen molar-refractivity contribution in [2.45, 2.75) is 18.9 Å². The quantitative estimate of drug-likeness (QED) is 0.794. The Hall–Kier alpha value is -2.08. The van der Waals surface area contributed by atoms with Gasteiger partial charge in [-0.3, -0.25) is 9.69 Å². The van der Waals surface area contributed by atoms with Crippen molar-refractivity contribution in [1.29, 1.82) is 0 Å². The first-order valence-electron chi connectivity index (χ1n) is 10.8. The second-order valence-corrected chi connectivity index (χ2v) is 8.87. The lowest BCUT2D eigenvalue weighted by atomic mass is 9.95. The van der Waals surface area contributed by atoms with Crippen LogP contribution in [0.15, 0.2) is 42.5 Å². The van der Waals surface area contributed by atoms with Crippen LogP contribution in [0.4, 0.5) is 5.69 Å². The predicted molar refractivity (Wildman–Crippen MR) is 124 cm³/mol. The van der Waals surface area contributed by atoms with Gasteiger partial charge in [-0.15, -0.1) is 0 Å². The Balaban J connectivity index is 1.56. The van der Waals surface area contributed by atoms with E-state index in [4.69, 9.17) is 11.6 Å². The van der Waals surface area contributed by atoms with Crippen LogP contribution in [0.25, 0.3) is 0 Å². The number of carbonyl (C=O) groups excluding carboxylic acids is 1. The first-order chi connectivity index (χ1) is 14.5. The van der Waals surface area contributed by atoms with Crippen LogP contribution in [0.3, 0.4) is 0 Å². The zero-order valence-electron chi connectivity index (χ0n) is 17.9. The molecule has 6 heteroatoms. The number of hydrogen-bond donors (Lipinski definition) is 1. The van der Waals surface area contributed by atoms with E-state index in [9.17, 15) is 4.79 Å². The summed E-state index contributed by atoms with van der Waals surface area (Å²) in [6.45, 7) is 5.77. The van der Waals surface area contributed by atoms with Gasteiger partial charge in [0.25, 0.3) is 5.91 Å². The van der Waals surface area contributed by atoms with Gasteiger partial charge in [-0.1, -0.05) is 35.9 Å². The number of likely N-dealkylation sites (N-methyl/N-ethyl adjacent to an activating group) is 1. The first kappa shape index (κ1) is 21.2. The van der Waals surface area contributed by atoms with E-state index in [2.05, 4.69) is 52.3 Å². The zero-order valence-corrected chi connectivity index (χ0v) is 18.7. The SMILES string of the molecule is CN1CCN(C(CNC(=O)c2ccccc2Cl)c2ccc3c(c2)CCCN3C)CC1. The molecule has 1 atom stereocenters. The van der Waals surface area contributed by atoms with Crippen molar-refractivity contribution in [2.24, 2.45) is 0 Å². The van der Waals surface area contributed by atoms with Gasteiger partial charge < -0.3 is 15.1 Å². The summed E-state index contributed by atoms with van der Waals surface area (Å²) in [6.07, 6.45) is 2.31. The highest BCUT2D eigenvalue weighted by Crippen LogP contribution is 2.31. The second kappa shape index (κ2) is 9.38. The molecule has 30 heavy (non-hydrogen) atoms. The molecule has 0 bridgehead atoms. The molecule has 0 saturated carbocycles. The van der Waals surface area contributed by atoms with Crippen LogP contribution < -0.4 is 10.2 Å². The number of anilines is 1. The monoisotopic (exact) mass is 426 g/mol. The average molecular weight is 427 g/mol. The van der Waals surface area contributed by atoms with E-state index in [1.165, 1.54) is 23.2 Å². The van der Waals surface area contributed by atoms with Crippen molar-refractivity contribution in [2.75, 3.05) is 58.3 Å². The molecule has 2 aromatic carbocycles. The molecule has 2 aliphatic rings. The summed E-state index contributed by atoms with van der Waals surface area (Å²) in [4.78, 5) is 20.0. The molecule has 1 amide bonds. The van der Waals surface area contributed by atoms with Crippen molar-refractivity contribution < 1.29 is 4.79 Å². The Morgan fingerprint density at radius 1 is 1.07 bits per heavy atom. The highest BCUT2D eigenvalue weighted by Gasteiger charge is 2.26. The lowest BCUT2D eigenvalue weighted by Crippen LogP contribution is -2.48. The minimum atomic E-state index is -0.113. The van der Waals surface area contributed by atoms with Crippen molar-refractivity contribution in [3.63, 3.8) is 0 Å². The van der Waals surface area contributed by atoms with Gasteiger partial charge in [-0.05, 0) is 49.2 Å². The van der Waals surface area contributed by atoms with E-state index in [1.54, 1.807) is 12.1 Å². The van der Waals surface area contributed by atoms with Crippen LogP contribution >= 0.6 is 11.6 Å². The van der Waals surface area contributed by atoms with Gasteiger partial charge in [-0.2, -0.15) is 0 Å². The molecule has 0 radical (unpaired) electrons. The van der Waals surface area contributed by atoms with Crippen LogP contribution in [0.5, 0.6) is 0 Å². The number of carbonyl (C=O) groups is 1. The number of amides is 1. The molecule has 2 aromatic rings. The summed E-state index contributed by atoms with van der Waals surface area (Å²) in [7, 11) is 4.33. The molecule has 1 saturated heterocycles. The fourth-order valence-electron chi connectivity index (χ4n) is 4.53. The fourth-order valence-corrected chi connectivity index (χ4v) is 4.76. The molecule has 2 heterocycles. The molecule has 0 aromatic heterocycles. The summed E-state index contributed by atoms with van der Waals surface area (Å²) in [6, 6.07) is 14.2. The van der Waals surface area contributed by atoms with Crippen molar-refractivity contribution in [3.05, 3.63) is 64.2 Å². The molecule has 1 unspecified atom stereocenters. The highest BCUT2D eigenvalue weighted by atomic mass is 35.5. The number of halogens is 1. The smallest absolute Gasteiger partial charge is 0.252 e. The van der Waals surface area contributed by atoms with Crippen molar-refractivity contribution in [3.8, 4) is 0 Å². The maximum atomic E-state index is 12.8. The zero-order chi connectivity index (χ0) is 21.1. The number of piperazine rings is 1. The average Bonchev–Trinajstić information content (AvgIpc) is 2.75. The Morgan fingerprint density at radius 3 is 2.60 bits per heavy atom. The number of benzene rings is 2. The first-order valence-corrected chi connectivity index (χ1v) is 11.2. The lowest BCUT2D eigenvalue weighted by Gasteiger charge is -2.39. The Bertz CT molecular complexity index is 895.